The van der Waals surface area contributed by atoms with E-state index in [0.717, 1.165) is 10.8 Å². The standard InChI is InChI=1S/C25H28ClFN4O4/c1-25(2,34)11-20(30-23(32)14-28-12-18-7-8-19(27)10-21(18)26)15-35-24(33)31-22-9-16-5-3-4-6-17(16)13-29-22/h3-10,13,20,28,34H,11-12,14-15H2,1-2H3,(H,30,32)(H,29,31,33)/t20-/m0/s1. The number of aromatic nitrogens is 1. The number of pyridine rings is 1. The number of nitrogens with one attached hydrogen (secondary N) is 3. The number of benzene rings is 2. The highest BCUT2D eigenvalue weighted by Crippen LogP contribution is 2.18. The van der Waals surface area contributed by atoms with Gasteiger partial charge in [0, 0.05) is 23.2 Å². The van der Waals surface area contributed by atoms with Gasteiger partial charge in [0.25, 0.3) is 0 Å². The van der Waals surface area contributed by atoms with E-state index in [4.69, 9.17) is 16.3 Å². The van der Waals surface area contributed by atoms with Crippen molar-refractivity contribution in [3.63, 3.8) is 0 Å². The predicted octanol–water partition coefficient (Wildman–Crippen LogP) is 4.01. The third kappa shape index (κ3) is 8.79. The minimum absolute atomic E-state index is 0.0523. The summed E-state index contributed by atoms with van der Waals surface area (Å²) in [5.74, 6) is -0.468. The van der Waals surface area contributed by atoms with Gasteiger partial charge in [-0.05, 0) is 49.4 Å². The van der Waals surface area contributed by atoms with Crippen molar-refractivity contribution in [2.75, 3.05) is 18.5 Å². The van der Waals surface area contributed by atoms with Crippen LogP contribution in [0.25, 0.3) is 10.8 Å². The summed E-state index contributed by atoms with van der Waals surface area (Å²) in [6, 6.07) is 12.7. The van der Waals surface area contributed by atoms with Crippen LogP contribution in [-0.4, -0.2) is 46.9 Å². The molecule has 0 saturated heterocycles. The molecule has 186 valence electrons. The fourth-order valence-corrected chi connectivity index (χ4v) is 3.71. The molecule has 3 aromatic rings. The van der Waals surface area contributed by atoms with E-state index in [1.54, 1.807) is 26.1 Å². The number of nitrogens with zero attached hydrogens (tertiary/aromatic N) is 1. The molecule has 35 heavy (non-hydrogen) atoms. The van der Waals surface area contributed by atoms with Crippen LogP contribution in [0.2, 0.25) is 5.02 Å². The number of hydrogen-bond donors (Lipinski definition) is 4. The third-order valence-corrected chi connectivity index (χ3v) is 5.36. The Kier molecular flexibility index (Phi) is 8.97. The summed E-state index contributed by atoms with van der Waals surface area (Å²) in [6.07, 6.45) is 1.07. The first-order chi connectivity index (χ1) is 16.6. The summed E-state index contributed by atoms with van der Waals surface area (Å²) in [5, 5.41) is 20.6. The molecule has 1 heterocycles. The second kappa shape index (κ2) is 11.9. The summed E-state index contributed by atoms with van der Waals surface area (Å²) in [5.41, 5.74) is -0.455. The van der Waals surface area contributed by atoms with E-state index in [-0.39, 0.29) is 37.0 Å². The van der Waals surface area contributed by atoms with Gasteiger partial charge in [-0.3, -0.25) is 10.1 Å². The molecule has 2 aromatic carbocycles. The van der Waals surface area contributed by atoms with E-state index in [1.807, 2.05) is 24.3 Å². The summed E-state index contributed by atoms with van der Waals surface area (Å²) < 4.78 is 18.4. The quantitative estimate of drug-likeness (QED) is 0.333. The Balaban J connectivity index is 1.50. The second-order valence-electron chi connectivity index (χ2n) is 8.76. The van der Waals surface area contributed by atoms with E-state index >= 15 is 0 Å². The highest BCUT2D eigenvalue weighted by molar-refractivity contribution is 6.31. The van der Waals surface area contributed by atoms with Gasteiger partial charge in [-0.25, -0.2) is 14.2 Å². The van der Waals surface area contributed by atoms with Gasteiger partial charge in [-0.2, -0.15) is 0 Å². The van der Waals surface area contributed by atoms with Crippen LogP contribution in [0.5, 0.6) is 0 Å². The van der Waals surface area contributed by atoms with Gasteiger partial charge in [0.05, 0.1) is 18.2 Å². The molecule has 0 aliphatic rings. The molecule has 2 amide bonds. The third-order valence-electron chi connectivity index (χ3n) is 5.00. The van der Waals surface area contributed by atoms with Crippen molar-refractivity contribution < 1.29 is 23.8 Å². The monoisotopic (exact) mass is 502 g/mol. The fraction of sp³-hybridized carbons (Fsp3) is 0.320. The molecular weight excluding hydrogens is 475 g/mol. The first kappa shape index (κ1) is 26.3. The molecule has 8 nitrogen and oxygen atoms in total. The highest BCUT2D eigenvalue weighted by atomic mass is 35.5. The lowest BCUT2D eigenvalue weighted by Crippen LogP contribution is -2.46. The molecular formula is C25H28ClFN4O4. The van der Waals surface area contributed by atoms with E-state index in [2.05, 4.69) is 20.9 Å². The minimum atomic E-state index is -1.10. The average molecular weight is 503 g/mol. The zero-order valence-electron chi connectivity index (χ0n) is 19.5. The summed E-state index contributed by atoms with van der Waals surface area (Å²) >= 11 is 5.99. The molecule has 3 rings (SSSR count). The Bertz CT molecular complexity index is 1190. The summed E-state index contributed by atoms with van der Waals surface area (Å²) in [6.45, 7) is 3.25. The molecule has 0 bridgehead atoms. The molecule has 4 N–H and O–H groups in total. The largest absolute Gasteiger partial charge is 0.447 e. The van der Waals surface area contributed by atoms with Gasteiger partial charge in [-0.1, -0.05) is 41.9 Å². The Morgan fingerprint density at radius 3 is 2.63 bits per heavy atom. The number of fused-ring (bicyclic) bond motifs is 1. The first-order valence-electron chi connectivity index (χ1n) is 11.0. The highest BCUT2D eigenvalue weighted by Gasteiger charge is 2.23. The van der Waals surface area contributed by atoms with Gasteiger partial charge < -0.3 is 20.5 Å². The number of amides is 2. The number of hydrogen-bond acceptors (Lipinski definition) is 6. The number of carbonyl (C=O) groups is 2. The van der Waals surface area contributed by atoms with Crippen LogP contribution in [0.3, 0.4) is 0 Å². The topological polar surface area (TPSA) is 113 Å². The maximum Gasteiger partial charge on any atom is 0.412 e. The van der Waals surface area contributed by atoms with Crippen molar-refractivity contribution in [2.24, 2.45) is 0 Å². The van der Waals surface area contributed by atoms with Gasteiger partial charge in [0.2, 0.25) is 5.91 Å². The van der Waals surface area contributed by atoms with Crippen LogP contribution in [0.1, 0.15) is 25.8 Å². The lowest BCUT2D eigenvalue weighted by atomic mass is 9.99. The van der Waals surface area contributed by atoms with Crippen molar-refractivity contribution in [3.8, 4) is 0 Å². The lowest BCUT2D eigenvalue weighted by molar-refractivity contribution is -0.121. The number of ether oxygens (including phenoxy) is 1. The van der Waals surface area contributed by atoms with Crippen molar-refractivity contribution in [1.29, 1.82) is 0 Å². The molecule has 0 spiro atoms. The van der Waals surface area contributed by atoms with Crippen molar-refractivity contribution in [2.45, 2.75) is 38.5 Å². The number of halogens is 2. The summed E-state index contributed by atoms with van der Waals surface area (Å²) in [4.78, 5) is 28.9. The number of rotatable bonds is 10. The van der Waals surface area contributed by atoms with E-state index < -0.39 is 23.6 Å². The van der Waals surface area contributed by atoms with Crippen LogP contribution >= 0.6 is 11.6 Å². The smallest absolute Gasteiger partial charge is 0.412 e. The van der Waals surface area contributed by atoms with Crippen molar-refractivity contribution in [1.82, 2.24) is 15.6 Å². The number of anilines is 1. The van der Waals surface area contributed by atoms with Crippen molar-refractivity contribution in [3.05, 3.63) is 71.1 Å². The van der Waals surface area contributed by atoms with Gasteiger partial charge in [0.15, 0.2) is 0 Å². The normalized spacial score (nSPS) is 12.3. The minimum Gasteiger partial charge on any atom is -0.447 e. The lowest BCUT2D eigenvalue weighted by Gasteiger charge is -2.25. The number of aliphatic hydroxyl groups is 1. The molecule has 0 radical (unpaired) electrons. The SMILES string of the molecule is CC(C)(O)C[C@@H](COC(=O)Nc1cc2ccccc2cn1)NC(=O)CNCc1ccc(F)cc1Cl. The van der Waals surface area contributed by atoms with Gasteiger partial charge in [-0.15, -0.1) is 0 Å². The van der Waals surface area contributed by atoms with Crippen LogP contribution in [-0.2, 0) is 16.1 Å². The maximum absolute atomic E-state index is 13.2. The maximum atomic E-state index is 13.2. The molecule has 10 heteroatoms. The second-order valence-corrected chi connectivity index (χ2v) is 9.17. The van der Waals surface area contributed by atoms with Gasteiger partial charge in [0.1, 0.15) is 18.2 Å². The molecule has 0 saturated carbocycles. The predicted molar refractivity (Wildman–Crippen MR) is 133 cm³/mol. The average Bonchev–Trinajstić information content (AvgIpc) is 2.78. The van der Waals surface area contributed by atoms with Crippen LogP contribution in [0.4, 0.5) is 15.0 Å². The Morgan fingerprint density at radius 2 is 1.91 bits per heavy atom. The molecule has 0 aliphatic heterocycles. The van der Waals surface area contributed by atoms with Crippen LogP contribution in [0, 0.1) is 5.82 Å². The summed E-state index contributed by atoms with van der Waals surface area (Å²) in [7, 11) is 0. The van der Waals surface area contributed by atoms with Crippen LogP contribution < -0.4 is 16.0 Å². The first-order valence-corrected chi connectivity index (χ1v) is 11.4. The molecule has 1 aromatic heterocycles. The Labute approximate surface area is 207 Å². The fourth-order valence-electron chi connectivity index (χ4n) is 3.48. The Morgan fingerprint density at radius 1 is 1.17 bits per heavy atom. The van der Waals surface area contributed by atoms with Gasteiger partial charge >= 0.3 is 6.09 Å². The zero-order valence-corrected chi connectivity index (χ0v) is 20.2. The van der Waals surface area contributed by atoms with E-state index in [0.29, 0.717) is 11.4 Å². The molecule has 0 unspecified atom stereocenters. The molecule has 0 fully saturated rings. The van der Waals surface area contributed by atoms with Crippen LogP contribution in [0.15, 0.2) is 54.7 Å². The van der Waals surface area contributed by atoms with E-state index in [9.17, 15) is 19.1 Å². The van der Waals surface area contributed by atoms with Crippen molar-refractivity contribution >= 4 is 40.2 Å². The Hall–Kier alpha value is -3.27. The number of carbonyl (C=O) groups excluding carboxylic acids is 2. The van der Waals surface area contributed by atoms with E-state index in [1.165, 1.54) is 18.2 Å². The zero-order chi connectivity index (χ0) is 25.4. The molecule has 0 aliphatic carbocycles. The molecule has 1 atom stereocenters.